The Bertz CT molecular complexity index is 184. The largest absolute Gasteiger partial charge is 0.381 e. The molecule has 1 saturated heterocycles. The van der Waals surface area contributed by atoms with Gasteiger partial charge in [-0.2, -0.15) is 11.8 Å². The lowest BCUT2D eigenvalue weighted by atomic mass is 10.2. The number of carbonyl (C=O) groups excluding carboxylic acids is 1. The number of rotatable bonds is 4. The third kappa shape index (κ3) is 4.30. The van der Waals surface area contributed by atoms with Crippen LogP contribution in [-0.2, 0) is 9.53 Å². The third-order valence-corrected chi connectivity index (χ3v) is 3.71. The molecule has 0 radical (unpaired) electrons. The van der Waals surface area contributed by atoms with Crippen LogP contribution in [0, 0.1) is 0 Å². The van der Waals surface area contributed by atoms with Gasteiger partial charge in [0.25, 0.3) is 0 Å². The van der Waals surface area contributed by atoms with Gasteiger partial charge >= 0.3 is 0 Å². The lowest BCUT2D eigenvalue weighted by Gasteiger charge is -2.24. The molecule has 1 heterocycles. The highest BCUT2D eigenvalue weighted by molar-refractivity contribution is 8.00. The van der Waals surface area contributed by atoms with E-state index >= 15 is 0 Å². The number of ether oxygens (including phenoxy) is 1. The molecule has 14 heavy (non-hydrogen) atoms. The predicted molar refractivity (Wildman–Crippen MR) is 57.8 cm³/mol. The molecule has 82 valence electrons. The van der Waals surface area contributed by atoms with Gasteiger partial charge in [-0.3, -0.25) is 10.2 Å². The summed E-state index contributed by atoms with van der Waals surface area (Å²) in [5, 5.41) is 0.978. The Morgan fingerprint density at radius 2 is 2.29 bits per heavy atom. The lowest BCUT2D eigenvalue weighted by Crippen LogP contribution is -2.32. The zero-order chi connectivity index (χ0) is 10.4. The van der Waals surface area contributed by atoms with Crippen molar-refractivity contribution in [2.75, 3.05) is 13.2 Å². The van der Waals surface area contributed by atoms with E-state index < -0.39 is 0 Å². The molecule has 4 nitrogen and oxygen atoms in total. The van der Waals surface area contributed by atoms with Gasteiger partial charge in [-0.1, -0.05) is 6.92 Å². The average Bonchev–Trinajstić information content (AvgIpc) is 2.19. The van der Waals surface area contributed by atoms with Gasteiger partial charge in [-0.05, 0) is 12.8 Å². The topological polar surface area (TPSA) is 64.4 Å². The zero-order valence-electron chi connectivity index (χ0n) is 8.49. The first-order chi connectivity index (χ1) is 6.72. The summed E-state index contributed by atoms with van der Waals surface area (Å²) in [4.78, 5) is 11.0. The summed E-state index contributed by atoms with van der Waals surface area (Å²) in [7, 11) is 0. The molecule has 3 N–H and O–H groups in total. The number of hydrogen-bond acceptors (Lipinski definition) is 4. The van der Waals surface area contributed by atoms with E-state index in [2.05, 4.69) is 12.3 Å². The molecule has 1 atom stereocenters. The summed E-state index contributed by atoms with van der Waals surface area (Å²) in [6, 6.07) is 0. The lowest BCUT2D eigenvalue weighted by molar-refractivity contribution is -0.121. The Labute approximate surface area is 88.9 Å². The Balaban J connectivity index is 2.18. The molecular formula is C9H18N2O2S. The second kappa shape index (κ2) is 6.27. The summed E-state index contributed by atoms with van der Waals surface area (Å²) in [5.41, 5.74) is 2.16. The van der Waals surface area contributed by atoms with Crippen LogP contribution in [0.15, 0.2) is 0 Å². The normalized spacial score (nSPS) is 20.4. The van der Waals surface area contributed by atoms with E-state index in [-0.39, 0.29) is 5.91 Å². The first-order valence-corrected chi connectivity index (χ1v) is 5.89. The van der Waals surface area contributed by atoms with Crippen molar-refractivity contribution in [2.24, 2.45) is 5.84 Å². The van der Waals surface area contributed by atoms with Crippen molar-refractivity contribution in [1.29, 1.82) is 0 Å². The average molecular weight is 218 g/mol. The van der Waals surface area contributed by atoms with E-state index in [9.17, 15) is 4.79 Å². The molecular weight excluding hydrogens is 200 g/mol. The van der Waals surface area contributed by atoms with Crippen LogP contribution in [-0.4, -0.2) is 29.6 Å². The second-order valence-electron chi connectivity index (χ2n) is 3.53. The first-order valence-electron chi connectivity index (χ1n) is 4.95. The molecule has 0 aliphatic carbocycles. The van der Waals surface area contributed by atoms with Gasteiger partial charge in [-0.25, -0.2) is 5.84 Å². The van der Waals surface area contributed by atoms with Crippen molar-refractivity contribution >= 4 is 17.7 Å². The van der Waals surface area contributed by atoms with Crippen LogP contribution < -0.4 is 11.3 Å². The summed E-state index contributed by atoms with van der Waals surface area (Å²) in [5.74, 6) is 4.94. The molecule has 1 aliphatic rings. The fraction of sp³-hybridized carbons (Fsp3) is 0.889. The molecule has 0 spiro atoms. The number of nitrogens with one attached hydrogen (secondary N) is 1. The minimum atomic E-state index is -0.0861. The van der Waals surface area contributed by atoms with Crippen LogP contribution in [0.1, 0.15) is 26.2 Å². The highest BCUT2D eigenvalue weighted by Crippen LogP contribution is 2.27. The zero-order valence-corrected chi connectivity index (χ0v) is 9.31. The van der Waals surface area contributed by atoms with Crippen molar-refractivity contribution in [3.63, 3.8) is 0 Å². The monoisotopic (exact) mass is 218 g/mol. The minimum Gasteiger partial charge on any atom is -0.381 e. The van der Waals surface area contributed by atoms with Crippen molar-refractivity contribution < 1.29 is 9.53 Å². The van der Waals surface area contributed by atoms with E-state index in [1.165, 1.54) is 0 Å². The van der Waals surface area contributed by atoms with Crippen LogP contribution >= 0.6 is 11.8 Å². The van der Waals surface area contributed by atoms with E-state index in [1.54, 1.807) is 0 Å². The maximum absolute atomic E-state index is 11.0. The Hall–Kier alpha value is -0.260. The van der Waals surface area contributed by atoms with E-state index in [0.717, 1.165) is 26.1 Å². The number of amides is 1. The number of hydrogen-bond donors (Lipinski definition) is 2. The van der Waals surface area contributed by atoms with Gasteiger partial charge in [-0.15, -0.1) is 0 Å². The molecule has 0 aromatic rings. The molecule has 1 fully saturated rings. The van der Waals surface area contributed by atoms with Crippen LogP contribution in [0.3, 0.4) is 0 Å². The fourth-order valence-corrected chi connectivity index (χ4v) is 2.88. The quantitative estimate of drug-likeness (QED) is 0.413. The molecule has 0 aromatic carbocycles. The van der Waals surface area contributed by atoms with Crippen molar-refractivity contribution in [3.05, 3.63) is 0 Å². The second-order valence-corrected chi connectivity index (χ2v) is 5.27. The Kier molecular flexibility index (Phi) is 5.29. The predicted octanol–water partition coefficient (Wildman–Crippen LogP) is 0.667. The summed E-state index contributed by atoms with van der Waals surface area (Å²) in [6.45, 7) is 3.77. The SMILES string of the molecule is CC(CC(=O)NN)SC1CCOCC1. The summed E-state index contributed by atoms with van der Waals surface area (Å²) >= 11 is 1.87. The van der Waals surface area contributed by atoms with Gasteiger partial charge < -0.3 is 4.74 Å². The number of nitrogens with two attached hydrogens (primary N) is 1. The standard InChI is InChI=1S/C9H18N2O2S/c1-7(6-9(12)11-10)14-8-2-4-13-5-3-8/h7-8H,2-6,10H2,1H3,(H,11,12). The molecule has 1 aliphatic heterocycles. The molecule has 0 aromatic heterocycles. The molecule has 1 unspecified atom stereocenters. The van der Waals surface area contributed by atoms with Crippen molar-refractivity contribution in [2.45, 2.75) is 36.7 Å². The summed E-state index contributed by atoms with van der Waals surface area (Å²) in [6.07, 6.45) is 2.69. The van der Waals surface area contributed by atoms with Crippen molar-refractivity contribution in [3.8, 4) is 0 Å². The Morgan fingerprint density at radius 1 is 1.64 bits per heavy atom. The number of carbonyl (C=O) groups is 1. The van der Waals surface area contributed by atoms with Gasteiger partial charge in [0.05, 0.1) is 0 Å². The minimum absolute atomic E-state index is 0.0861. The van der Waals surface area contributed by atoms with Gasteiger partial charge in [0.1, 0.15) is 0 Å². The highest BCUT2D eigenvalue weighted by Gasteiger charge is 2.18. The van der Waals surface area contributed by atoms with Crippen LogP contribution in [0.25, 0.3) is 0 Å². The van der Waals surface area contributed by atoms with Crippen LogP contribution in [0.5, 0.6) is 0 Å². The molecule has 5 heteroatoms. The molecule has 1 rings (SSSR count). The molecule has 0 saturated carbocycles. The highest BCUT2D eigenvalue weighted by atomic mass is 32.2. The summed E-state index contributed by atoms with van der Waals surface area (Å²) < 4.78 is 5.27. The van der Waals surface area contributed by atoms with Crippen LogP contribution in [0.4, 0.5) is 0 Å². The molecule has 1 amide bonds. The third-order valence-electron chi connectivity index (χ3n) is 2.23. The maximum atomic E-state index is 11.0. The van der Waals surface area contributed by atoms with Gasteiger partial charge in [0.2, 0.25) is 5.91 Å². The maximum Gasteiger partial charge on any atom is 0.234 e. The fourth-order valence-electron chi connectivity index (χ4n) is 1.51. The number of thioether (sulfide) groups is 1. The van der Waals surface area contributed by atoms with E-state index in [1.807, 2.05) is 11.8 Å². The molecule has 0 bridgehead atoms. The number of hydrazine groups is 1. The van der Waals surface area contributed by atoms with Gasteiger partial charge in [0.15, 0.2) is 0 Å². The Morgan fingerprint density at radius 3 is 2.86 bits per heavy atom. The smallest absolute Gasteiger partial charge is 0.234 e. The van der Waals surface area contributed by atoms with E-state index in [4.69, 9.17) is 10.6 Å². The first kappa shape index (κ1) is 11.8. The van der Waals surface area contributed by atoms with Gasteiger partial charge in [0, 0.05) is 30.1 Å². The van der Waals surface area contributed by atoms with Crippen molar-refractivity contribution in [1.82, 2.24) is 5.43 Å². The van der Waals surface area contributed by atoms with E-state index in [0.29, 0.717) is 16.9 Å². The van der Waals surface area contributed by atoms with Crippen LogP contribution in [0.2, 0.25) is 0 Å².